The van der Waals surface area contributed by atoms with Crippen LogP contribution in [-0.2, 0) is 6.54 Å². The summed E-state index contributed by atoms with van der Waals surface area (Å²) in [6.07, 6.45) is 0.843. The van der Waals surface area contributed by atoms with E-state index in [2.05, 4.69) is 20.9 Å². The van der Waals surface area contributed by atoms with E-state index in [1.54, 1.807) is 18.2 Å². The Kier molecular flexibility index (Phi) is 5.23. The third-order valence-electron chi connectivity index (χ3n) is 4.88. The Morgan fingerprint density at radius 2 is 2.26 bits per heavy atom. The highest BCUT2D eigenvalue weighted by atomic mass is 16.2. The number of aromatic amines is 1. The van der Waals surface area contributed by atoms with E-state index in [4.69, 9.17) is 11.0 Å². The number of nitriles is 1. The lowest BCUT2D eigenvalue weighted by atomic mass is 10.0. The number of nitrogens with zero attached hydrogens (tertiary/aromatic N) is 4. The first-order chi connectivity index (χ1) is 12.9. The molecule has 1 aliphatic rings. The predicted octanol–water partition coefficient (Wildman–Crippen LogP) is 0.879. The number of aryl methyl sites for hydroxylation is 1. The first-order valence-corrected chi connectivity index (χ1v) is 8.73. The van der Waals surface area contributed by atoms with Gasteiger partial charge in [-0.05, 0) is 44.2 Å². The number of carbonyl (C=O) groups is 1. The normalized spacial score (nSPS) is 16.5. The summed E-state index contributed by atoms with van der Waals surface area (Å²) in [7, 11) is 1.95. The second-order valence-corrected chi connectivity index (χ2v) is 6.87. The molecule has 1 atom stereocenters. The largest absolute Gasteiger partial charge is 0.369 e. The van der Waals surface area contributed by atoms with Crippen LogP contribution >= 0.6 is 0 Å². The zero-order chi connectivity index (χ0) is 19.6. The first kappa shape index (κ1) is 18.6. The number of anilines is 1. The molecule has 0 aliphatic carbocycles. The van der Waals surface area contributed by atoms with Crippen molar-refractivity contribution in [3.63, 3.8) is 0 Å². The first-order valence-electron chi connectivity index (χ1n) is 8.73. The van der Waals surface area contributed by atoms with Crippen LogP contribution in [0.5, 0.6) is 0 Å². The van der Waals surface area contributed by atoms with Gasteiger partial charge in [-0.3, -0.25) is 19.5 Å². The van der Waals surface area contributed by atoms with Crippen molar-refractivity contribution >= 4 is 11.9 Å². The number of H-pyrrole nitrogens is 1. The number of aromatic nitrogens is 2. The molecule has 0 radical (unpaired) electrons. The van der Waals surface area contributed by atoms with Crippen LogP contribution in [-0.4, -0.2) is 51.9 Å². The average Bonchev–Trinajstić information content (AvgIpc) is 3.10. The summed E-state index contributed by atoms with van der Waals surface area (Å²) in [5, 5.41) is 8.97. The molecule has 2 aromatic rings. The number of nitrogen functional groups attached to an aromatic ring is 1. The van der Waals surface area contributed by atoms with Gasteiger partial charge < -0.3 is 10.6 Å². The molecule has 0 spiro atoms. The predicted molar refractivity (Wildman–Crippen MR) is 101 cm³/mol. The van der Waals surface area contributed by atoms with Crippen LogP contribution in [0.3, 0.4) is 0 Å². The number of benzene rings is 1. The number of carbonyl (C=O) groups excluding carboxylic acids is 1. The fraction of sp³-hybridized carbons (Fsp3) is 0.368. The smallest absolute Gasteiger partial charge is 0.254 e. The van der Waals surface area contributed by atoms with Crippen LogP contribution in [0.25, 0.3) is 0 Å². The molecule has 3 rings (SSSR count). The molecule has 1 amide bonds. The lowest BCUT2D eigenvalue weighted by Gasteiger charge is -2.24. The lowest BCUT2D eigenvalue weighted by Crippen LogP contribution is -2.36. The van der Waals surface area contributed by atoms with Crippen molar-refractivity contribution in [3.8, 4) is 6.07 Å². The Labute approximate surface area is 157 Å². The number of nitrogens with two attached hydrogens (primary N) is 1. The number of amides is 1. The van der Waals surface area contributed by atoms with Crippen molar-refractivity contribution in [1.82, 2.24) is 19.8 Å². The zero-order valence-corrected chi connectivity index (χ0v) is 15.4. The van der Waals surface area contributed by atoms with Crippen molar-refractivity contribution in [2.45, 2.75) is 25.9 Å². The lowest BCUT2D eigenvalue weighted by molar-refractivity contribution is 0.0778. The van der Waals surface area contributed by atoms with Gasteiger partial charge in [0.15, 0.2) is 0 Å². The van der Waals surface area contributed by atoms with Gasteiger partial charge in [-0.25, -0.2) is 4.98 Å². The summed E-state index contributed by atoms with van der Waals surface area (Å²) in [5.41, 5.74) is 7.90. The summed E-state index contributed by atoms with van der Waals surface area (Å²) in [6.45, 7) is 3.60. The van der Waals surface area contributed by atoms with Crippen molar-refractivity contribution in [3.05, 3.63) is 57.0 Å². The van der Waals surface area contributed by atoms with Crippen molar-refractivity contribution in [2.75, 3.05) is 25.9 Å². The highest BCUT2D eigenvalue weighted by molar-refractivity contribution is 5.96. The highest BCUT2D eigenvalue weighted by Crippen LogP contribution is 2.20. The molecule has 1 saturated heterocycles. The van der Waals surface area contributed by atoms with Crippen molar-refractivity contribution in [1.29, 1.82) is 5.26 Å². The number of hydrogen-bond acceptors (Lipinski definition) is 6. The zero-order valence-electron chi connectivity index (χ0n) is 15.4. The molecule has 1 aromatic carbocycles. The van der Waals surface area contributed by atoms with Gasteiger partial charge in [-0.1, -0.05) is 0 Å². The fourth-order valence-corrected chi connectivity index (χ4v) is 3.42. The van der Waals surface area contributed by atoms with Crippen LogP contribution in [0.1, 0.15) is 33.6 Å². The van der Waals surface area contributed by atoms with Gasteiger partial charge in [0.25, 0.3) is 11.5 Å². The van der Waals surface area contributed by atoms with Crippen molar-refractivity contribution in [2.24, 2.45) is 0 Å². The molecule has 27 heavy (non-hydrogen) atoms. The quantitative estimate of drug-likeness (QED) is 0.829. The van der Waals surface area contributed by atoms with Gasteiger partial charge in [0.2, 0.25) is 5.95 Å². The fourth-order valence-electron chi connectivity index (χ4n) is 3.42. The summed E-state index contributed by atoms with van der Waals surface area (Å²) >= 11 is 0. The topological polar surface area (TPSA) is 119 Å². The Balaban J connectivity index is 1.66. The van der Waals surface area contributed by atoms with Gasteiger partial charge in [-0.2, -0.15) is 5.26 Å². The van der Waals surface area contributed by atoms with Crippen LogP contribution in [0, 0.1) is 18.3 Å². The van der Waals surface area contributed by atoms with Crippen LogP contribution in [0.15, 0.2) is 29.1 Å². The van der Waals surface area contributed by atoms with E-state index in [9.17, 15) is 9.59 Å². The average molecular weight is 366 g/mol. The Hall–Kier alpha value is -3.18. The maximum atomic E-state index is 12.8. The molecule has 1 fully saturated rings. The van der Waals surface area contributed by atoms with E-state index in [-0.39, 0.29) is 23.5 Å². The maximum Gasteiger partial charge on any atom is 0.254 e. The van der Waals surface area contributed by atoms with Gasteiger partial charge in [0.1, 0.15) is 0 Å². The number of rotatable bonds is 4. The van der Waals surface area contributed by atoms with Gasteiger partial charge in [-0.15, -0.1) is 0 Å². The molecule has 1 aliphatic heterocycles. The van der Waals surface area contributed by atoms with Crippen LogP contribution in [0.2, 0.25) is 0 Å². The molecule has 0 bridgehead atoms. The molecular formula is C19H22N6O2. The molecule has 8 nitrogen and oxygen atoms in total. The number of nitrogens with one attached hydrogen (secondary N) is 1. The standard InChI is InChI=1S/C19H22N6O2/c1-12-7-13(9-20)3-4-16(12)18(27)25-6-5-15(11-25)24(2)10-14-8-17(26)23-19(21)22-14/h3-4,7-8,15H,5-6,10-11H2,1-2H3,(H3,21,22,23,26)/t15-/m1/s1. The van der Waals surface area contributed by atoms with E-state index < -0.39 is 0 Å². The Morgan fingerprint density at radius 3 is 2.93 bits per heavy atom. The summed E-state index contributed by atoms with van der Waals surface area (Å²) < 4.78 is 0. The van der Waals surface area contributed by atoms with E-state index in [1.807, 2.05) is 18.9 Å². The number of hydrogen-bond donors (Lipinski definition) is 2. The highest BCUT2D eigenvalue weighted by Gasteiger charge is 2.30. The van der Waals surface area contributed by atoms with Gasteiger partial charge in [0, 0.05) is 37.3 Å². The molecule has 8 heteroatoms. The van der Waals surface area contributed by atoms with Gasteiger partial charge >= 0.3 is 0 Å². The van der Waals surface area contributed by atoms with Gasteiger partial charge in [0.05, 0.1) is 17.3 Å². The monoisotopic (exact) mass is 366 g/mol. The Morgan fingerprint density at radius 1 is 1.48 bits per heavy atom. The molecule has 1 aromatic heterocycles. The second kappa shape index (κ2) is 7.60. The van der Waals surface area contributed by atoms with Crippen molar-refractivity contribution < 1.29 is 4.79 Å². The molecule has 3 N–H and O–H groups in total. The summed E-state index contributed by atoms with van der Waals surface area (Å²) in [4.78, 5) is 34.8. The summed E-state index contributed by atoms with van der Waals surface area (Å²) in [5.74, 6) is 0.0804. The minimum absolute atomic E-state index is 0.0218. The Bertz CT molecular complexity index is 961. The van der Waals surface area contributed by atoms with E-state index >= 15 is 0 Å². The van der Waals surface area contributed by atoms with E-state index in [0.29, 0.717) is 36.5 Å². The van der Waals surface area contributed by atoms with E-state index in [0.717, 1.165) is 12.0 Å². The summed E-state index contributed by atoms with van der Waals surface area (Å²) in [6, 6.07) is 8.82. The molecule has 2 heterocycles. The second-order valence-electron chi connectivity index (χ2n) is 6.87. The minimum Gasteiger partial charge on any atom is -0.369 e. The minimum atomic E-state index is -0.273. The SMILES string of the molecule is Cc1cc(C#N)ccc1C(=O)N1CC[C@@H](N(C)Cc2cc(=O)[nH]c(N)n2)C1. The molecular weight excluding hydrogens is 344 g/mol. The third-order valence-corrected chi connectivity index (χ3v) is 4.88. The number of likely N-dealkylation sites (N-methyl/N-ethyl adjacent to an activating group) is 1. The van der Waals surface area contributed by atoms with Crippen LogP contribution in [0.4, 0.5) is 5.95 Å². The molecule has 140 valence electrons. The van der Waals surface area contributed by atoms with E-state index in [1.165, 1.54) is 6.07 Å². The third kappa shape index (κ3) is 4.15. The molecule has 0 unspecified atom stereocenters. The molecule has 0 saturated carbocycles. The number of likely N-dealkylation sites (tertiary alicyclic amines) is 1. The maximum absolute atomic E-state index is 12.8. The van der Waals surface area contributed by atoms with Crippen LogP contribution < -0.4 is 11.3 Å².